The van der Waals surface area contributed by atoms with E-state index in [0.29, 0.717) is 11.4 Å². The highest BCUT2D eigenvalue weighted by Gasteiger charge is 2.07. The van der Waals surface area contributed by atoms with Crippen molar-refractivity contribution in [3.8, 4) is 0 Å². The number of amides is 1. The molecular weight excluding hydrogens is 264 g/mol. The third-order valence-corrected chi connectivity index (χ3v) is 2.81. The Hall–Kier alpha value is -2.63. The normalized spacial score (nSPS) is 10.3. The van der Waals surface area contributed by atoms with Gasteiger partial charge in [0.15, 0.2) is 0 Å². The van der Waals surface area contributed by atoms with Gasteiger partial charge in [0.2, 0.25) is 5.91 Å². The second kappa shape index (κ2) is 5.56. The van der Waals surface area contributed by atoms with Gasteiger partial charge in [-0.25, -0.2) is 8.78 Å². The number of benzene rings is 2. The predicted molar refractivity (Wildman–Crippen MR) is 73.1 cm³/mol. The van der Waals surface area contributed by atoms with Gasteiger partial charge < -0.3 is 16.8 Å². The number of primary amides is 1. The van der Waals surface area contributed by atoms with Gasteiger partial charge in [0.1, 0.15) is 11.6 Å². The average molecular weight is 277 g/mol. The van der Waals surface area contributed by atoms with Crippen LogP contribution in [0.25, 0.3) is 0 Å². The molecule has 104 valence electrons. The van der Waals surface area contributed by atoms with Crippen molar-refractivity contribution in [2.75, 3.05) is 11.1 Å². The van der Waals surface area contributed by atoms with Crippen LogP contribution in [0.1, 0.15) is 15.9 Å². The number of hydrogen-bond acceptors (Lipinski definition) is 3. The molecule has 0 spiro atoms. The van der Waals surface area contributed by atoms with Gasteiger partial charge in [0, 0.05) is 17.7 Å². The molecule has 0 atom stereocenters. The molecule has 0 bridgehead atoms. The number of nitrogens with two attached hydrogens (primary N) is 2. The van der Waals surface area contributed by atoms with E-state index in [0.717, 1.165) is 18.2 Å². The van der Waals surface area contributed by atoms with E-state index in [1.54, 1.807) is 6.07 Å². The number of carbonyl (C=O) groups excluding carboxylic acids is 1. The Morgan fingerprint density at radius 1 is 1.15 bits per heavy atom. The van der Waals surface area contributed by atoms with E-state index >= 15 is 0 Å². The summed E-state index contributed by atoms with van der Waals surface area (Å²) in [4.78, 5) is 11.0. The molecule has 0 fully saturated rings. The van der Waals surface area contributed by atoms with Crippen LogP contribution in [0, 0.1) is 11.6 Å². The van der Waals surface area contributed by atoms with E-state index in [2.05, 4.69) is 5.32 Å². The molecule has 5 N–H and O–H groups in total. The zero-order valence-corrected chi connectivity index (χ0v) is 10.5. The fraction of sp³-hybridized carbons (Fsp3) is 0.0714. The Morgan fingerprint density at radius 3 is 2.55 bits per heavy atom. The quantitative estimate of drug-likeness (QED) is 0.750. The molecular formula is C14H13F2N3O. The van der Waals surface area contributed by atoms with Crippen molar-refractivity contribution >= 4 is 17.3 Å². The zero-order chi connectivity index (χ0) is 14.7. The maximum absolute atomic E-state index is 13.4. The number of carbonyl (C=O) groups is 1. The van der Waals surface area contributed by atoms with Crippen molar-refractivity contribution in [3.05, 3.63) is 59.2 Å². The lowest BCUT2D eigenvalue weighted by Crippen LogP contribution is -2.12. The molecule has 2 aromatic rings. The van der Waals surface area contributed by atoms with Gasteiger partial charge >= 0.3 is 0 Å². The average Bonchev–Trinajstić information content (AvgIpc) is 2.40. The van der Waals surface area contributed by atoms with E-state index in [4.69, 9.17) is 11.5 Å². The Bertz CT molecular complexity index is 659. The molecule has 0 saturated heterocycles. The van der Waals surface area contributed by atoms with Gasteiger partial charge in [0.05, 0.1) is 11.4 Å². The molecule has 0 aliphatic carbocycles. The second-order valence-electron chi connectivity index (χ2n) is 4.26. The molecule has 0 unspecified atom stereocenters. The summed E-state index contributed by atoms with van der Waals surface area (Å²) in [7, 11) is 0. The smallest absolute Gasteiger partial charge is 0.248 e. The van der Waals surface area contributed by atoms with Crippen LogP contribution in [0.3, 0.4) is 0 Å². The lowest BCUT2D eigenvalue weighted by atomic mass is 10.1. The van der Waals surface area contributed by atoms with Crippen LogP contribution in [0.4, 0.5) is 20.2 Å². The number of rotatable bonds is 4. The summed E-state index contributed by atoms with van der Waals surface area (Å²) in [5.74, 6) is -1.61. The third-order valence-electron chi connectivity index (χ3n) is 2.81. The maximum Gasteiger partial charge on any atom is 0.248 e. The van der Waals surface area contributed by atoms with Crippen molar-refractivity contribution in [3.63, 3.8) is 0 Å². The minimum Gasteiger partial charge on any atom is -0.397 e. The molecule has 20 heavy (non-hydrogen) atoms. The highest BCUT2D eigenvalue weighted by molar-refractivity contribution is 5.94. The number of nitrogen functional groups attached to an aromatic ring is 1. The van der Waals surface area contributed by atoms with Crippen LogP contribution in [0.5, 0.6) is 0 Å². The van der Waals surface area contributed by atoms with Gasteiger partial charge in [-0.05, 0) is 36.4 Å². The Balaban J connectivity index is 2.15. The van der Waals surface area contributed by atoms with Gasteiger partial charge in [-0.2, -0.15) is 0 Å². The van der Waals surface area contributed by atoms with Crippen LogP contribution in [0.15, 0.2) is 36.4 Å². The van der Waals surface area contributed by atoms with Gasteiger partial charge in [0.25, 0.3) is 0 Å². The van der Waals surface area contributed by atoms with Crippen molar-refractivity contribution in [2.45, 2.75) is 6.54 Å². The first kappa shape index (κ1) is 13.8. The van der Waals surface area contributed by atoms with E-state index in [9.17, 15) is 13.6 Å². The lowest BCUT2D eigenvalue weighted by molar-refractivity contribution is 0.100. The zero-order valence-electron chi connectivity index (χ0n) is 10.5. The van der Waals surface area contributed by atoms with E-state index in [1.165, 1.54) is 12.1 Å². The summed E-state index contributed by atoms with van der Waals surface area (Å²) >= 11 is 0. The number of anilines is 2. The molecule has 4 nitrogen and oxygen atoms in total. The molecule has 0 aliphatic heterocycles. The topological polar surface area (TPSA) is 81.1 Å². The first-order valence-corrected chi connectivity index (χ1v) is 5.84. The standard InChI is InChI=1S/C14H13F2N3O/c15-10-2-3-11(16)9(5-10)7-19-13-4-1-8(14(18)20)6-12(13)17/h1-6,19H,7,17H2,(H2,18,20). The summed E-state index contributed by atoms with van der Waals surface area (Å²) in [6.45, 7) is 0.0731. The SMILES string of the molecule is NC(=O)c1ccc(NCc2cc(F)ccc2F)c(N)c1. The first-order chi connectivity index (χ1) is 9.47. The number of nitrogens with one attached hydrogen (secondary N) is 1. The fourth-order valence-corrected chi connectivity index (χ4v) is 1.75. The monoisotopic (exact) mass is 277 g/mol. The van der Waals surface area contributed by atoms with Gasteiger partial charge in [-0.15, -0.1) is 0 Å². The molecule has 1 amide bonds. The molecule has 2 aromatic carbocycles. The predicted octanol–water partition coefficient (Wildman–Crippen LogP) is 2.26. The summed E-state index contributed by atoms with van der Waals surface area (Å²) in [5, 5.41) is 2.88. The fourth-order valence-electron chi connectivity index (χ4n) is 1.75. The summed E-state index contributed by atoms with van der Waals surface area (Å²) in [5.41, 5.74) is 12.2. The van der Waals surface area contributed by atoms with Crippen molar-refractivity contribution in [1.29, 1.82) is 0 Å². The second-order valence-corrected chi connectivity index (χ2v) is 4.26. The summed E-state index contributed by atoms with van der Waals surface area (Å²) < 4.78 is 26.5. The van der Waals surface area contributed by atoms with Crippen LogP contribution >= 0.6 is 0 Å². The van der Waals surface area contributed by atoms with E-state index in [-0.39, 0.29) is 17.7 Å². The molecule has 0 aliphatic rings. The summed E-state index contributed by atoms with van der Waals surface area (Å²) in [6.07, 6.45) is 0. The number of hydrogen-bond donors (Lipinski definition) is 3. The third kappa shape index (κ3) is 3.03. The molecule has 0 aromatic heterocycles. The summed E-state index contributed by atoms with van der Waals surface area (Å²) in [6, 6.07) is 7.71. The Kier molecular flexibility index (Phi) is 3.84. The highest BCUT2D eigenvalue weighted by atomic mass is 19.1. The molecule has 0 heterocycles. The van der Waals surface area contributed by atoms with Crippen molar-refractivity contribution in [1.82, 2.24) is 0 Å². The van der Waals surface area contributed by atoms with Gasteiger partial charge in [-0.3, -0.25) is 4.79 Å². The van der Waals surface area contributed by atoms with Gasteiger partial charge in [-0.1, -0.05) is 0 Å². The minimum absolute atomic E-state index is 0.0731. The lowest BCUT2D eigenvalue weighted by Gasteiger charge is -2.11. The van der Waals surface area contributed by atoms with E-state index in [1.807, 2.05) is 0 Å². The minimum atomic E-state index is -0.584. The van der Waals surface area contributed by atoms with E-state index < -0.39 is 17.5 Å². The molecule has 0 radical (unpaired) electrons. The molecule has 6 heteroatoms. The van der Waals surface area contributed by atoms with Crippen molar-refractivity contribution in [2.24, 2.45) is 5.73 Å². The van der Waals surface area contributed by atoms with Crippen LogP contribution in [-0.4, -0.2) is 5.91 Å². The van der Waals surface area contributed by atoms with Crippen LogP contribution in [-0.2, 0) is 6.54 Å². The molecule has 2 rings (SSSR count). The van der Waals surface area contributed by atoms with Crippen LogP contribution < -0.4 is 16.8 Å². The largest absolute Gasteiger partial charge is 0.397 e. The van der Waals surface area contributed by atoms with Crippen molar-refractivity contribution < 1.29 is 13.6 Å². The highest BCUT2D eigenvalue weighted by Crippen LogP contribution is 2.21. The Morgan fingerprint density at radius 2 is 1.90 bits per heavy atom. The Labute approximate surface area is 114 Å². The first-order valence-electron chi connectivity index (χ1n) is 5.84. The molecule has 0 saturated carbocycles. The maximum atomic E-state index is 13.4. The van der Waals surface area contributed by atoms with Crippen LogP contribution in [0.2, 0.25) is 0 Å². The number of halogens is 2.